The van der Waals surface area contributed by atoms with Crippen molar-refractivity contribution in [2.24, 2.45) is 5.41 Å². The van der Waals surface area contributed by atoms with Crippen LogP contribution >= 0.6 is 15.9 Å². The molecule has 0 aromatic heterocycles. The van der Waals surface area contributed by atoms with E-state index in [2.05, 4.69) is 32.8 Å². The Hall–Kier alpha value is -0.600. The Labute approximate surface area is 185 Å². The normalized spacial score (nSPS) is 30.2. The Kier molecular flexibility index (Phi) is 6.76. The van der Waals surface area contributed by atoms with E-state index in [1.165, 1.54) is 12.7 Å². The quantitative estimate of drug-likeness (QED) is 0.494. The number of hydrogen-bond donors (Lipinski definition) is 1. The zero-order chi connectivity index (χ0) is 21.4. The van der Waals surface area contributed by atoms with Gasteiger partial charge in [0.1, 0.15) is 10.3 Å². The smallest absolute Gasteiger partial charge is 0.307 e. The van der Waals surface area contributed by atoms with Crippen LogP contribution in [0.15, 0.2) is 22.7 Å². The molecule has 7 heteroatoms. The molecule has 0 amide bonds. The number of rotatable bonds is 5. The fourth-order valence-electron chi connectivity index (χ4n) is 4.97. The zero-order valence-electron chi connectivity index (χ0n) is 18.0. The van der Waals surface area contributed by atoms with Gasteiger partial charge in [0.2, 0.25) is 0 Å². The Bertz CT molecular complexity index is 758. The molecule has 1 unspecified atom stereocenters. The van der Waals surface area contributed by atoms with Gasteiger partial charge in [0, 0.05) is 28.4 Å². The standard InChI is InChI=1S/C22H32BrNO4S/c1-20(2,3)29(26)24-22(14-19(25)28-5)18-12-16(23)7-6-15(18)13-21(22)10-8-17(27-4)9-11-21/h6-7,12,17,24H,8-11,13-14H2,1-5H3/t17?,21?,22-,29?/m0/s1. The van der Waals surface area contributed by atoms with Gasteiger partial charge >= 0.3 is 5.97 Å². The molecule has 1 spiro atoms. The van der Waals surface area contributed by atoms with Gasteiger partial charge in [0.15, 0.2) is 0 Å². The fraction of sp³-hybridized carbons (Fsp3) is 0.682. The van der Waals surface area contributed by atoms with Crippen LogP contribution < -0.4 is 4.72 Å². The Morgan fingerprint density at radius 1 is 1.31 bits per heavy atom. The third-order valence-corrected chi connectivity index (χ3v) is 8.79. The summed E-state index contributed by atoms with van der Waals surface area (Å²) in [5.41, 5.74) is 1.33. The van der Waals surface area contributed by atoms with Gasteiger partial charge in [-0.05, 0) is 76.1 Å². The van der Waals surface area contributed by atoms with E-state index in [1.54, 1.807) is 7.11 Å². The number of carbonyl (C=O) groups is 1. The van der Waals surface area contributed by atoms with Crippen molar-refractivity contribution < 1.29 is 18.8 Å². The van der Waals surface area contributed by atoms with Crippen LogP contribution in [0.1, 0.15) is 64.0 Å². The van der Waals surface area contributed by atoms with Crippen molar-refractivity contribution in [3.8, 4) is 0 Å². The molecule has 2 aliphatic carbocycles. The lowest BCUT2D eigenvalue weighted by molar-refractivity contribution is -0.144. The summed E-state index contributed by atoms with van der Waals surface area (Å²) in [5.74, 6) is -0.288. The minimum absolute atomic E-state index is 0.159. The first kappa shape index (κ1) is 23.1. The van der Waals surface area contributed by atoms with Gasteiger partial charge in [-0.15, -0.1) is 4.72 Å². The third kappa shape index (κ3) is 4.26. The van der Waals surface area contributed by atoms with Gasteiger partial charge in [0.05, 0.1) is 19.6 Å². The van der Waals surface area contributed by atoms with Crippen molar-refractivity contribution in [2.75, 3.05) is 14.2 Å². The predicted octanol–water partition coefficient (Wildman–Crippen LogP) is 4.39. The monoisotopic (exact) mass is 485 g/mol. The van der Waals surface area contributed by atoms with Crippen molar-refractivity contribution in [2.45, 2.75) is 75.7 Å². The van der Waals surface area contributed by atoms with Gasteiger partial charge in [-0.1, -0.05) is 22.0 Å². The third-order valence-electron chi connectivity index (χ3n) is 6.65. The number of esters is 1. The first-order valence-electron chi connectivity index (χ1n) is 10.2. The molecule has 0 bridgehead atoms. The molecule has 0 saturated heterocycles. The molecule has 29 heavy (non-hydrogen) atoms. The maximum absolute atomic E-state index is 13.3. The molecule has 0 radical (unpaired) electrons. The minimum Gasteiger partial charge on any atom is -0.598 e. The second-order valence-corrected chi connectivity index (χ2v) is 12.2. The number of ether oxygens (including phenoxy) is 2. The second kappa shape index (κ2) is 8.50. The molecule has 2 aliphatic rings. The largest absolute Gasteiger partial charge is 0.598 e. The molecule has 162 valence electrons. The van der Waals surface area contributed by atoms with Crippen LogP contribution in [0.2, 0.25) is 0 Å². The topological polar surface area (TPSA) is 70.6 Å². The average molecular weight is 486 g/mol. The van der Waals surface area contributed by atoms with Crippen molar-refractivity contribution in [3.05, 3.63) is 33.8 Å². The number of carbonyl (C=O) groups excluding carboxylic acids is 1. The molecular weight excluding hydrogens is 454 g/mol. The summed E-state index contributed by atoms with van der Waals surface area (Å²) in [6.45, 7) is 5.85. The highest BCUT2D eigenvalue weighted by Crippen LogP contribution is 2.60. The number of fused-ring (bicyclic) bond motifs is 1. The van der Waals surface area contributed by atoms with Crippen molar-refractivity contribution in [1.82, 2.24) is 4.72 Å². The van der Waals surface area contributed by atoms with Crippen molar-refractivity contribution in [3.63, 3.8) is 0 Å². The van der Waals surface area contributed by atoms with E-state index in [-0.39, 0.29) is 23.9 Å². The summed E-state index contributed by atoms with van der Waals surface area (Å²) in [6, 6.07) is 6.26. The zero-order valence-corrected chi connectivity index (χ0v) is 20.4. The van der Waals surface area contributed by atoms with E-state index in [0.29, 0.717) is 0 Å². The van der Waals surface area contributed by atoms with Crippen LogP contribution in [0.5, 0.6) is 0 Å². The van der Waals surface area contributed by atoms with E-state index < -0.39 is 21.6 Å². The molecule has 1 aromatic carbocycles. The fourth-order valence-corrected chi connectivity index (χ4v) is 6.35. The molecule has 1 saturated carbocycles. The van der Waals surface area contributed by atoms with E-state index in [9.17, 15) is 9.35 Å². The van der Waals surface area contributed by atoms with Crippen LogP contribution in [0.25, 0.3) is 0 Å². The molecule has 5 nitrogen and oxygen atoms in total. The highest BCUT2D eigenvalue weighted by molar-refractivity contribution is 9.10. The SMILES string of the molecule is COC(=O)C[C@]1(N[S+]([O-])C(C)(C)C)c2cc(Br)ccc2CC12CCC(OC)CC2. The predicted molar refractivity (Wildman–Crippen MR) is 119 cm³/mol. The lowest BCUT2D eigenvalue weighted by Gasteiger charge is -2.50. The van der Waals surface area contributed by atoms with E-state index in [1.807, 2.05) is 26.8 Å². The number of methoxy groups -OCH3 is 2. The van der Waals surface area contributed by atoms with Crippen molar-refractivity contribution in [1.29, 1.82) is 0 Å². The highest BCUT2D eigenvalue weighted by atomic mass is 79.9. The summed E-state index contributed by atoms with van der Waals surface area (Å²) < 4.78 is 28.1. The van der Waals surface area contributed by atoms with Gasteiger partial charge in [-0.25, -0.2) is 0 Å². The summed E-state index contributed by atoms with van der Waals surface area (Å²) in [6.07, 6.45) is 4.92. The minimum atomic E-state index is -1.34. The van der Waals surface area contributed by atoms with Crippen LogP contribution in [-0.4, -0.2) is 35.6 Å². The molecule has 1 fully saturated rings. The van der Waals surface area contributed by atoms with E-state index >= 15 is 0 Å². The molecule has 3 rings (SSSR count). The van der Waals surface area contributed by atoms with Crippen LogP contribution in [0, 0.1) is 5.41 Å². The van der Waals surface area contributed by atoms with Gasteiger partial charge in [-0.3, -0.25) is 4.79 Å². The van der Waals surface area contributed by atoms with Crippen molar-refractivity contribution >= 4 is 33.3 Å². The van der Waals surface area contributed by atoms with Crippen LogP contribution in [-0.2, 0) is 37.6 Å². The van der Waals surface area contributed by atoms with Gasteiger partial charge in [-0.2, -0.15) is 0 Å². The number of nitrogens with one attached hydrogen (secondary N) is 1. The Balaban J connectivity index is 2.15. The number of benzene rings is 1. The highest BCUT2D eigenvalue weighted by Gasteiger charge is 2.62. The van der Waals surface area contributed by atoms with Crippen LogP contribution in [0.3, 0.4) is 0 Å². The lowest BCUT2D eigenvalue weighted by Crippen LogP contribution is -2.60. The summed E-state index contributed by atoms with van der Waals surface area (Å²) in [5, 5.41) is 0. The summed E-state index contributed by atoms with van der Waals surface area (Å²) >= 11 is 2.26. The Morgan fingerprint density at radius 2 is 1.97 bits per heavy atom. The summed E-state index contributed by atoms with van der Waals surface area (Å²) in [7, 11) is 3.18. The Morgan fingerprint density at radius 3 is 2.52 bits per heavy atom. The molecule has 1 N–H and O–H groups in total. The lowest BCUT2D eigenvalue weighted by atomic mass is 9.60. The molecule has 2 atom stereocenters. The second-order valence-electron chi connectivity index (χ2n) is 9.34. The first-order valence-corrected chi connectivity index (χ1v) is 12.1. The first-order chi connectivity index (χ1) is 13.6. The molecular formula is C22H32BrNO4S. The maximum Gasteiger partial charge on any atom is 0.307 e. The number of hydrogen-bond acceptors (Lipinski definition) is 5. The molecule has 1 aromatic rings. The molecule has 0 aliphatic heterocycles. The van der Waals surface area contributed by atoms with E-state index in [4.69, 9.17) is 9.47 Å². The van der Waals surface area contributed by atoms with E-state index in [0.717, 1.165) is 42.1 Å². The summed E-state index contributed by atoms with van der Waals surface area (Å²) in [4.78, 5) is 12.6. The average Bonchev–Trinajstić information content (AvgIpc) is 2.90. The van der Waals surface area contributed by atoms with Gasteiger partial charge < -0.3 is 14.0 Å². The van der Waals surface area contributed by atoms with Gasteiger partial charge in [0.25, 0.3) is 0 Å². The maximum atomic E-state index is 13.3. The number of halogens is 1. The van der Waals surface area contributed by atoms with Crippen LogP contribution in [0.4, 0.5) is 0 Å². The molecule has 0 heterocycles.